The molecule has 4 rings (SSSR count). The number of nitrogens with one attached hydrogen (secondary N) is 2. The van der Waals surface area contributed by atoms with Gasteiger partial charge in [0.15, 0.2) is 0 Å². The molecule has 0 aliphatic heterocycles. The highest BCUT2D eigenvalue weighted by Crippen LogP contribution is 2.32. The van der Waals surface area contributed by atoms with Crippen LogP contribution in [0.15, 0.2) is 41.3 Å². The van der Waals surface area contributed by atoms with Gasteiger partial charge < -0.3 is 9.97 Å². The van der Waals surface area contributed by atoms with E-state index in [-0.39, 0.29) is 5.56 Å². The summed E-state index contributed by atoms with van der Waals surface area (Å²) in [7, 11) is 0. The summed E-state index contributed by atoms with van der Waals surface area (Å²) in [5, 5.41) is 1.04. The number of pyridine rings is 2. The van der Waals surface area contributed by atoms with Crippen LogP contribution in [0.5, 0.6) is 0 Å². The minimum Gasteiger partial charge on any atom is -0.353 e. The molecule has 1 aromatic carbocycles. The first kappa shape index (κ1) is 13.8. The van der Waals surface area contributed by atoms with Crippen LogP contribution < -0.4 is 5.56 Å². The molecule has 2 N–H and O–H groups in total. The van der Waals surface area contributed by atoms with E-state index in [1.165, 1.54) is 5.56 Å². The molecule has 0 fully saturated rings. The van der Waals surface area contributed by atoms with Gasteiger partial charge in [-0.15, -0.1) is 0 Å². The van der Waals surface area contributed by atoms with E-state index >= 15 is 0 Å². The summed E-state index contributed by atoms with van der Waals surface area (Å²) < 4.78 is 0. The fourth-order valence-electron chi connectivity index (χ4n) is 3.11. The zero-order valence-corrected chi connectivity index (χ0v) is 13.3. The van der Waals surface area contributed by atoms with E-state index in [4.69, 9.17) is 0 Å². The molecule has 0 unspecified atom stereocenters. The Kier molecular flexibility index (Phi) is 2.88. The van der Waals surface area contributed by atoms with Crippen LogP contribution in [0, 0.1) is 20.8 Å². The van der Waals surface area contributed by atoms with Gasteiger partial charge in [0, 0.05) is 39.5 Å². The van der Waals surface area contributed by atoms with Crippen LogP contribution in [0.3, 0.4) is 0 Å². The third-order valence-electron chi connectivity index (χ3n) is 4.36. The van der Waals surface area contributed by atoms with E-state index in [2.05, 4.69) is 40.1 Å². The summed E-state index contributed by atoms with van der Waals surface area (Å²) in [5.41, 5.74) is 7.47. The van der Waals surface area contributed by atoms with Gasteiger partial charge in [-0.3, -0.25) is 9.78 Å². The quantitative estimate of drug-likeness (QED) is 0.558. The lowest BCUT2D eigenvalue weighted by Gasteiger charge is -2.07. The lowest BCUT2D eigenvalue weighted by atomic mass is 10.0. The van der Waals surface area contributed by atoms with Crippen molar-refractivity contribution in [2.45, 2.75) is 20.8 Å². The summed E-state index contributed by atoms with van der Waals surface area (Å²) >= 11 is 0. The molecule has 0 aliphatic rings. The largest absolute Gasteiger partial charge is 0.353 e. The zero-order chi connectivity index (χ0) is 16.1. The molecule has 3 heterocycles. The van der Waals surface area contributed by atoms with Crippen molar-refractivity contribution < 1.29 is 0 Å². The summed E-state index contributed by atoms with van der Waals surface area (Å²) in [6, 6.07) is 10.2. The van der Waals surface area contributed by atoms with E-state index in [9.17, 15) is 4.79 Å². The Morgan fingerprint density at radius 2 is 1.78 bits per heavy atom. The van der Waals surface area contributed by atoms with Crippen molar-refractivity contribution in [3.8, 4) is 11.1 Å². The highest BCUT2D eigenvalue weighted by atomic mass is 16.1. The summed E-state index contributed by atoms with van der Waals surface area (Å²) in [4.78, 5) is 23.3. The van der Waals surface area contributed by atoms with Crippen LogP contribution in [-0.2, 0) is 0 Å². The molecule has 4 nitrogen and oxygen atoms in total. The number of H-pyrrole nitrogens is 2. The second-order valence-electron chi connectivity index (χ2n) is 6.07. The second kappa shape index (κ2) is 4.81. The molecule has 4 heteroatoms. The predicted octanol–water partition coefficient (Wildman–Crippen LogP) is 4.00. The second-order valence-corrected chi connectivity index (χ2v) is 6.07. The molecule has 23 heavy (non-hydrogen) atoms. The van der Waals surface area contributed by atoms with Gasteiger partial charge in [0.2, 0.25) is 0 Å². The number of hydrogen-bond acceptors (Lipinski definition) is 2. The highest BCUT2D eigenvalue weighted by Gasteiger charge is 2.15. The first-order chi connectivity index (χ1) is 11.0. The summed E-state index contributed by atoms with van der Waals surface area (Å²) in [5.74, 6) is 0. The smallest absolute Gasteiger partial charge is 0.252 e. The number of aryl methyl sites for hydroxylation is 2. The molecule has 0 spiro atoms. The number of aromatic amines is 2. The lowest BCUT2D eigenvalue weighted by molar-refractivity contribution is 1.19. The van der Waals surface area contributed by atoms with E-state index < -0.39 is 0 Å². The molecule has 0 radical (unpaired) electrons. The van der Waals surface area contributed by atoms with Gasteiger partial charge in [0.1, 0.15) is 0 Å². The maximum Gasteiger partial charge on any atom is 0.252 e. The maximum absolute atomic E-state index is 12.4. The number of rotatable bonds is 1. The molecular formula is C19H17N3O. The van der Waals surface area contributed by atoms with Crippen molar-refractivity contribution >= 4 is 21.9 Å². The average molecular weight is 303 g/mol. The van der Waals surface area contributed by atoms with Crippen molar-refractivity contribution in [3.63, 3.8) is 0 Å². The summed E-state index contributed by atoms with van der Waals surface area (Å²) in [6.07, 6.45) is 1.83. The van der Waals surface area contributed by atoms with Crippen molar-refractivity contribution in [1.29, 1.82) is 0 Å². The topological polar surface area (TPSA) is 61.5 Å². The van der Waals surface area contributed by atoms with Crippen molar-refractivity contribution in [2.24, 2.45) is 0 Å². The fourth-order valence-corrected chi connectivity index (χ4v) is 3.11. The van der Waals surface area contributed by atoms with Crippen molar-refractivity contribution in [3.05, 3.63) is 63.7 Å². The fraction of sp³-hybridized carbons (Fsp3) is 0.158. The third kappa shape index (κ3) is 2.06. The minimum atomic E-state index is -0.0597. The number of hydrogen-bond donors (Lipinski definition) is 2. The lowest BCUT2D eigenvalue weighted by Crippen LogP contribution is -2.11. The normalized spacial score (nSPS) is 11.4. The molecular weight excluding hydrogens is 286 g/mol. The van der Waals surface area contributed by atoms with Gasteiger partial charge in [-0.1, -0.05) is 17.7 Å². The van der Waals surface area contributed by atoms with Crippen molar-refractivity contribution in [1.82, 2.24) is 15.0 Å². The van der Waals surface area contributed by atoms with Crippen LogP contribution in [0.4, 0.5) is 0 Å². The zero-order valence-electron chi connectivity index (χ0n) is 13.3. The molecule has 0 saturated heterocycles. The highest BCUT2D eigenvalue weighted by molar-refractivity contribution is 6.10. The number of nitrogens with zero attached hydrogens (tertiary/aromatic N) is 1. The molecule has 114 valence electrons. The van der Waals surface area contributed by atoms with Crippen LogP contribution in [0.2, 0.25) is 0 Å². The van der Waals surface area contributed by atoms with Crippen molar-refractivity contribution in [2.75, 3.05) is 0 Å². The summed E-state index contributed by atoms with van der Waals surface area (Å²) in [6.45, 7) is 5.86. The molecule has 0 atom stereocenters. The SMILES string of the molecule is Cc1ccc2[nH]c3c(-c4ccc(C)nc4)c(C)c(=O)[nH]c3c2c1. The van der Waals surface area contributed by atoms with Gasteiger partial charge in [0.25, 0.3) is 5.56 Å². The van der Waals surface area contributed by atoms with Crippen LogP contribution >= 0.6 is 0 Å². The molecule has 0 saturated carbocycles. The van der Waals surface area contributed by atoms with E-state index in [0.717, 1.165) is 38.8 Å². The first-order valence-corrected chi connectivity index (χ1v) is 7.62. The number of fused-ring (bicyclic) bond motifs is 3. The first-order valence-electron chi connectivity index (χ1n) is 7.62. The Hall–Kier alpha value is -2.88. The Balaban J connectivity index is 2.18. The Morgan fingerprint density at radius 3 is 2.52 bits per heavy atom. The predicted molar refractivity (Wildman–Crippen MR) is 93.9 cm³/mol. The molecule has 4 aromatic rings. The Bertz CT molecular complexity index is 1100. The van der Waals surface area contributed by atoms with Gasteiger partial charge in [-0.25, -0.2) is 0 Å². The molecule has 0 bridgehead atoms. The standard InChI is InChI=1S/C19H17N3O/c1-10-4-7-15-14(8-10)17-18(21-15)16(12(3)19(23)22-17)13-6-5-11(2)20-9-13/h4-9,21H,1-3H3,(H,22,23). The number of benzene rings is 1. The number of aromatic nitrogens is 3. The monoisotopic (exact) mass is 303 g/mol. The van der Waals surface area contributed by atoms with Crippen LogP contribution in [0.1, 0.15) is 16.8 Å². The van der Waals surface area contributed by atoms with E-state index in [1.807, 2.05) is 32.2 Å². The van der Waals surface area contributed by atoms with Gasteiger partial charge in [-0.05, 0) is 39.0 Å². The van der Waals surface area contributed by atoms with E-state index in [1.54, 1.807) is 0 Å². The third-order valence-corrected chi connectivity index (χ3v) is 4.36. The van der Waals surface area contributed by atoms with Crippen LogP contribution in [-0.4, -0.2) is 15.0 Å². The van der Waals surface area contributed by atoms with Gasteiger partial charge in [-0.2, -0.15) is 0 Å². The molecule has 3 aromatic heterocycles. The maximum atomic E-state index is 12.4. The van der Waals surface area contributed by atoms with Crippen LogP contribution in [0.25, 0.3) is 33.1 Å². The average Bonchev–Trinajstić information content (AvgIpc) is 2.87. The molecule has 0 aliphatic carbocycles. The van der Waals surface area contributed by atoms with Gasteiger partial charge >= 0.3 is 0 Å². The van der Waals surface area contributed by atoms with Gasteiger partial charge in [0.05, 0.1) is 11.0 Å². The molecule has 0 amide bonds. The van der Waals surface area contributed by atoms with E-state index in [0.29, 0.717) is 5.56 Å². The Morgan fingerprint density at radius 1 is 0.957 bits per heavy atom. The minimum absolute atomic E-state index is 0.0597. The Labute approximate surface area is 133 Å².